The van der Waals surface area contributed by atoms with Gasteiger partial charge < -0.3 is 19.8 Å². The van der Waals surface area contributed by atoms with Crippen molar-refractivity contribution in [3.05, 3.63) is 35.6 Å². The highest BCUT2D eigenvalue weighted by Gasteiger charge is 2.49. The van der Waals surface area contributed by atoms with Crippen molar-refractivity contribution < 1.29 is 37.1 Å². The third-order valence-electron chi connectivity index (χ3n) is 5.49. The van der Waals surface area contributed by atoms with Crippen molar-refractivity contribution >= 4 is 17.8 Å². The zero-order chi connectivity index (χ0) is 24.1. The fourth-order valence-electron chi connectivity index (χ4n) is 3.99. The molecule has 2 aliphatic rings. The Kier molecular flexibility index (Phi) is 8.22. The Morgan fingerprint density at radius 1 is 1.19 bits per heavy atom. The fraction of sp³-hybridized carbons (Fsp3) is 0.571. The van der Waals surface area contributed by atoms with Crippen molar-refractivity contribution in [3.63, 3.8) is 0 Å². The number of rotatable bonds is 4. The first-order valence-corrected chi connectivity index (χ1v) is 10.1. The van der Waals surface area contributed by atoms with E-state index in [4.69, 9.17) is 9.90 Å². The normalized spacial score (nSPS) is 21.0. The lowest BCUT2D eigenvalue weighted by atomic mass is 9.78. The Balaban J connectivity index is 0.000000451. The third-order valence-corrected chi connectivity index (χ3v) is 5.49. The number of hydrogen-bond donors (Lipinski definition) is 1. The Morgan fingerprint density at radius 2 is 1.84 bits per heavy atom. The summed E-state index contributed by atoms with van der Waals surface area (Å²) in [5.41, 5.74) is 0.356. The Labute approximate surface area is 183 Å². The molecule has 1 unspecified atom stereocenters. The number of carbonyl (C=O) groups excluding carboxylic acids is 2. The molecule has 1 aromatic carbocycles. The van der Waals surface area contributed by atoms with Gasteiger partial charge in [0.15, 0.2) is 0 Å². The number of likely N-dealkylation sites (tertiary alicyclic amines) is 2. The first kappa shape index (κ1) is 25.6. The molecule has 7 nitrogen and oxygen atoms in total. The van der Waals surface area contributed by atoms with Gasteiger partial charge in [-0.25, -0.2) is 9.18 Å². The van der Waals surface area contributed by atoms with Gasteiger partial charge in [0.1, 0.15) is 5.82 Å². The van der Waals surface area contributed by atoms with E-state index in [0.29, 0.717) is 26.2 Å². The second-order valence-corrected chi connectivity index (χ2v) is 8.35. The van der Waals surface area contributed by atoms with Crippen LogP contribution >= 0.6 is 0 Å². The zero-order valence-corrected chi connectivity index (χ0v) is 18.0. The van der Waals surface area contributed by atoms with Gasteiger partial charge in [0, 0.05) is 26.2 Å². The summed E-state index contributed by atoms with van der Waals surface area (Å²) >= 11 is 0. The predicted molar refractivity (Wildman–Crippen MR) is 107 cm³/mol. The number of carboxylic acid groups (broad SMARTS) is 1. The van der Waals surface area contributed by atoms with Gasteiger partial charge in [0.2, 0.25) is 11.8 Å². The summed E-state index contributed by atoms with van der Waals surface area (Å²) in [6, 6.07) is 6.40. The highest BCUT2D eigenvalue weighted by molar-refractivity contribution is 5.86. The average Bonchev–Trinajstić information content (AvgIpc) is 2.97. The van der Waals surface area contributed by atoms with Gasteiger partial charge in [-0.2, -0.15) is 13.2 Å². The van der Waals surface area contributed by atoms with Crippen molar-refractivity contribution in [2.45, 2.75) is 32.0 Å². The van der Waals surface area contributed by atoms with Crippen molar-refractivity contribution in [2.24, 2.45) is 5.41 Å². The topological polar surface area (TPSA) is 81.2 Å². The van der Waals surface area contributed by atoms with Crippen molar-refractivity contribution in [3.8, 4) is 0 Å². The molecule has 2 fully saturated rings. The summed E-state index contributed by atoms with van der Waals surface area (Å²) in [5, 5.41) is 7.12. The number of nitrogens with zero attached hydrogens (tertiary/aromatic N) is 3. The van der Waals surface area contributed by atoms with E-state index in [0.717, 1.165) is 31.4 Å². The Morgan fingerprint density at radius 3 is 2.41 bits per heavy atom. The lowest BCUT2D eigenvalue weighted by molar-refractivity contribution is -0.192. The number of halogens is 4. The fourth-order valence-corrected chi connectivity index (χ4v) is 3.99. The molecular weight excluding hydrogens is 434 g/mol. The summed E-state index contributed by atoms with van der Waals surface area (Å²) in [4.78, 5) is 39.8. The minimum atomic E-state index is -5.08. The monoisotopic (exact) mass is 461 g/mol. The van der Waals surface area contributed by atoms with E-state index in [1.807, 2.05) is 34.9 Å². The molecule has 0 aliphatic carbocycles. The van der Waals surface area contributed by atoms with E-state index in [9.17, 15) is 27.2 Å². The smallest absolute Gasteiger partial charge is 0.475 e. The van der Waals surface area contributed by atoms with E-state index >= 15 is 0 Å². The van der Waals surface area contributed by atoms with Gasteiger partial charge in [-0.05, 0) is 51.1 Å². The van der Waals surface area contributed by atoms with Crippen LogP contribution in [0.4, 0.5) is 17.6 Å². The quantitative estimate of drug-likeness (QED) is 0.697. The van der Waals surface area contributed by atoms with Gasteiger partial charge in [0.25, 0.3) is 0 Å². The summed E-state index contributed by atoms with van der Waals surface area (Å²) in [6.07, 6.45) is -2.62. The van der Waals surface area contributed by atoms with Crippen LogP contribution < -0.4 is 0 Å². The minimum absolute atomic E-state index is 0.0838. The summed E-state index contributed by atoms with van der Waals surface area (Å²) in [5.74, 6) is -2.84. The van der Waals surface area contributed by atoms with Crippen molar-refractivity contribution in [1.29, 1.82) is 0 Å². The van der Waals surface area contributed by atoms with Crippen LogP contribution in [0.25, 0.3) is 0 Å². The molecule has 1 spiro atoms. The predicted octanol–water partition coefficient (Wildman–Crippen LogP) is 2.36. The zero-order valence-electron chi connectivity index (χ0n) is 18.0. The summed E-state index contributed by atoms with van der Waals surface area (Å²) < 4.78 is 45.1. The first-order valence-electron chi connectivity index (χ1n) is 10.1. The number of carboxylic acids is 1. The number of likely N-dealkylation sites (N-methyl/N-ethyl adjacent to an activating group) is 1. The third kappa shape index (κ3) is 6.65. The molecule has 2 amide bonds. The molecule has 1 N–H and O–H groups in total. The van der Waals surface area contributed by atoms with Gasteiger partial charge in [-0.3, -0.25) is 9.59 Å². The van der Waals surface area contributed by atoms with Gasteiger partial charge in [-0.15, -0.1) is 0 Å². The lowest BCUT2D eigenvalue weighted by Crippen LogP contribution is -2.51. The minimum Gasteiger partial charge on any atom is -0.475 e. The number of hydrogen-bond acceptors (Lipinski definition) is 4. The van der Waals surface area contributed by atoms with E-state index in [-0.39, 0.29) is 17.6 Å². The van der Waals surface area contributed by atoms with Crippen LogP contribution in [-0.2, 0) is 20.9 Å². The second kappa shape index (κ2) is 10.3. The van der Waals surface area contributed by atoms with Crippen LogP contribution in [0.3, 0.4) is 0 Å². The van der Waals surface area contributed by atoms with E-state index in [2.05, 4.69) is 0 Å². The van der Waals surface area contributed by atoms with Crippen LogP contribution in [0.2, 0.25) is 0 Å². The summed E-state index contributed by atoms with van der Waals surface area (Å²) in [7, 11) is 3.75. The number of carbonyl (C=O) groups is 3. The van der Waals surface area contributed by atoms with E-state index in [1.165, 1.54) is 12.1 Å². The maximum Gasteiger partial charge on any atom is 0.490 e. The number of aliphatic carboxylic acids is 1. The van der Waals surface area contributed by atoms with Gasteiger partial charge in [-0.1, -0.05) is 12.1 Å². The van der Waals surface area contributed by atoms with Gasteiger partial charge in [0.05, 0.1) is 12.0 Å². The molecule has 0 saturated carbocycles. The molecule has 32 heavy (non-hydrogen) atoms. The molecule has 2 saturated heterocycles. The van der Waals surface area contributed by atoms with Crippen LogP contribution in [-0.4, -0.2) is 84.0 Å². The highest BCUT2D eigenvalue weighted by atomic mass is 19.4. The Hall–Kier alpha value is -2.69. The molecule has 1 atom stereocenters. The van der Waals surface area contributed by atoms with Crippen LogP contribution in [0, 0.1) is 11.2 Å². The maximum absolute atomic E-state index is 13.4. The number of benzene rings is 1. The first-order chi connectivity index (χ1) is 14.8. The molecule has 0 radical (unpaired) electrons. The van der Waals surface area contributed by atoms with Gasteiger partial charge >= 0.3 is 12.1 Å². The largest absolute Gasteiger partial charge is 0.490 e. The SMILES string of the molecule is CN(C)CC(=O)N1CCCC2(CCN(Cc3cccc(F)c3)C2=O)C1.O=C(O)C(F)(F)F. The molecule has 0 bridgehead atoms. The van der Waals surface area contributed by atoms with E-state index < -0.39 is 17.6 Å². The lowest BCUT2D eigenvalue weighted by Gasteiger charge is -2.39. The maximum atomic E-state index is 13.4. The average molecular weight is 461 g/mol. The van der Waals surface area contributed by atoms with Crippen molar-refractivity contribution in [2.75, 3.05) is 40.3 Å². The van der Waals surface area contributed by atoms with Crippen LogP contribution in [0.5, 0.6) is 0 Å². The van der Waals surface area contributed by atoms with Crippen LogP contribution in [0.1, 0.15) is 24.8 Å². The van der Waals surface area contributed by atoms with E-state index in [1.54, 1.807) is 6.07 Å². The molecule has 3 rings (SSSR count). The van der Waals surface area contributed by atoms with Crippen LogP contribution in [0.15, 0.2) is 24.3 Å². The Bertz CT molecular complexity index is 847. The molecular formula is C21H27F4N3O4. The molecule has 178 valence electrons. The standard InChI is InChI=1S/C19H26FN3O2.C2HF3O2/c1-21(2)13-17(24)23-9-4-7-19(14-23)8-10-22(18(19)25)12-15-5-3-6-16(20)11-15;3-2(4,5)1(6)7/h3,5-6,11H,4,7-10,12-14H2,1-2H3;(H,6,7). The molecule has 0 aromatic heterocycles. The second-order valence-electron chi connectivity index (χ2n) is 8.35. The number of amides is 2. The van der Waals surface area contributed by atoms with Crippen molar-refractivity contribution in [1.82, 2.24) is 14.7 Å². The molecule has 2 aliphatic heterocycles. The number of alkyl halides is 3. The molecule has 1 aromatic rings. The molecule has 2 heterocycles. The number of piperidine rings is 1. The summed E-state index contributed by atoms with van der Waals surface area (Å²) in [6.45, 7) is 2.72. The highest BCUT2D eigenvalue weighted by Crippen LogP contribution is 2.40. The molecule has 11 heteroatoms.